The van der Waals surface area contributed by atoms with Crippen LogP contribution in [0.15, 0.2) is 48.5 Å². The van der Waals surface area contributed by atoms with Gasteiger partial charge in [0, 0.05) is 25.1 Å². The molecule has 1 aliphatic carbocycles. The Balaban J connectivity index is 1.43. The number of carbonyl (C=O) groups is 1. The molecule has 0 amide bonds. The van der Waals surface area contributed by atoms with Crippen molar-refractivity contribution in [1.82, 2.24) is 5.32 Å². The highest BCUT2D eigenvalue weighted by molar-refractivity contribution is 6.21. The van der Waals surface area contributed by atoms with Gasteiger partial charge in [0.2, 0.25) is 0 Å². The average molecular weight is 484 g/mol. The lowest BCUT2D eigenvalue weighted by molar-refractivity contribution is -0.274. The molecule has 33 heavy (non-hydrogen) atoms. The van der Waals surface area contributed by atoms with Crippen molar-refractivity contribution >= 4 is 17.4 Å². The largest absolute Gasteiger partial charge is 0.573 e. The van der Waals surface area contributed by atoms with Crippen LogP contribution in [0.25, 0.3) is 0 Å². The van der Waals surface area contributed by atoms with Crippen LogP contribution in [0.2, 0.25) is 0 Å². The lowest BCUT2D eigenvalue weighted by Crippen LogP contribution is -2.59. The van der Waals surface area contributed by atoms with Crippen molar-refractivity contribution in [1.29, 1.82) is 0 Å². The molecule has 1 saturated carbocycles. The normalized spacial score (nSPS) is 29.9. The molecular weight excluding hydrogens is 459 g/mol. The molecule has 4 rings (SSSR count). The number of ketones is 1. The van der Waals surface area contributed by atoms with E-state index in [9.17, 15) is 18.0 Å². The van der Waals surface area contributed by atoms with Crippen LogP contribution in [-0.4, -0.2) is 42.8 Å². The van der Waals surface area contributed by atoms with Crippen molar-refractivity contribution in [3.8, 4) is 17.2 Å². The second-order valence-corrected chi connectivity index (χ2v) is 9.06. The first-order chi connectivity index (χ1) is 15.6. The maximum absolute atomic E-state index is 13.4. The zero-order valence-electron chi connectivity index (χ0n) is 18.1. The van der Waals surface area contributed by atoms with E-state index in [2.05, 4.69) is 10.1 Å². The van der Waals surface area contributed by atoms with E-state index in [-0.39, 0.29) is 46.9 Å². The maximum Gasteiger partial charge on any atom is 0.573 e. The molecule has 2 aromatic rings. The van der Waals surface area contributed by atoms with Crippen molar-refractivity contribution < 1.29 is 32.2 Å². The van der Waals surface area contributed by atoms with Gasteiger partial charge in [-0.2, -0.15) is 0 Å². The van der Waals surface area contributed by atoms with E-state index in [0.29, 0.717) is 24.3 Å². The second-order valence-electron chi connectivity index (χ2n) is 8.50. The molecule has 0 bridgehead atoms. The highest BCUT2D eigenvalue weighted by Crippen LogP contribution is 2.40. The molecule has 5 nitrogen and oxygen atoms in total. The summed E-state index contributed by atoms with van der Waals surface area (Å²) in [7, 11) is 1.64. The zero-order valence-corrected chi connectivity index (χ0v) is 18.9. The van der Waals surface area contributed by atoms with Gasteiger partial charge in [-0.15, -0.1) is 24.8 Å². The van der Waals surface area contributed by atoms with Gasteiger partial charge in [-0.05, 0) is 61.7 Å². The minimum absolute atomic E-state index is 0.0453. The molecule has 0 spiro atoms. The number of alkyl halides is 4. The fraction of sp³-hybridized carbons (Fsp3) is 0.458. The summed E-state index contributed by atoms with van der Waals surface area (Å²) in [5.74, 6) is 0.272. The third-order valence-electron chi connectivity index (χ3n) is 6.34. The summed E-state index contributed by atoms with van der Waals surface area (Å²) in [4.78, 5) is 13.4. The lowest BCUT2D eigenvalue weighted by Gasteiger charge is -2.46. The van der Waals surface area contributed by atoms with Crippen LogP contribution in [0.5, 0.6) is 17.2 Å². The first-order valence-corrected chi connectivity index (χ1v) is 11.2. The smallest absolute Gasteiger partial charge is 0.457 e. The zero-order chi connectivity index (χ0) is 23.8. The lowest BCUT2D eigenvalue weighted by atomic mass is 9.70. The molecule has 1 aliphatic heterocycles. The van der Waals surface area contributed by atoms with Crippen LogP contribution >= 0.6 is 11.6 Å². The Labute approximate surface area is 195 Å². The molecule has 2 aliphatic rings. The van der Waals surface area contributed by atoms with Crippen LogP contribution in [0.3, 0.4) is 0 Å². The summed E-state index contributed by atoms with van der Waals surface area (Å²) in [6.07, 6.45) is -3.52. The van der Waals surface area contributed by atoms with Gasteiger partial charge < -0.3 is 19.5 Å². The van der Waals surface area contributed by atoms with E-state index in [1.165, 1.54) is 24.3 Å². The molecule has 2 aromatic carbocycles. The molecule has 178 valence electrons. The van der Waals surface area contributed by atoms with E-state index >= 15 is 0 Å². The number of fused-ring (bicyclic) bond motifs is 1. The Morgan fingerprint density at radius 2 is 1.55 bits per heavy atom. The van der Waals surface area contributed by atoms with Gasteiger partial charge >= 0.3 is 6.36 Å². The van der Waals surface area contributed by atoms with Gasteiger partial charge in [0.05, 0.1) is 17.4 Å². The molecule has 0 radical (unpaired) electrons. The number of hydrogen-bond donors (Lipinski definition) is 1. The quantitative estimate of drug-likeness (QED) is 0.575. The van der Waals surface area contributed by atoms with Gasteiger partial charge in [0.25, 0.3) is 0 Å². The minimum Gasteiger partial charge on any atom is -0.457 e. The topological polar surface area (TPSA) is 56.8 Å². The summed E-state index contributed by atoms with van der Waals surface area (Å²) < 4.78 is 51.9. The maximum atomic E-state index is 13.4. The second kappa shape index (κ2) is 9.52. The number of rotatable bonds is 5. The highest BCUT2D eigenvalue weighted by Gasteiger charge is 2.47. The summed E-state index contributed by atoms with van der Waals surface area (Å²) in [5.41, 5.74) is 0.875. The Kier molecular flexibility index (Phi) is 6.88. The van der Waals surface area contributed by atoms with Crippen LogP contribution in [0, 0.1) is 5.92 Å². The first kappa shape index (κ1) is 23.9. The molecular formula is C24H25ClF3NO4. The number of hydrogen-bond acceptors (Lipinski definition) is 5. The molecule has 6 unspecified atom stereocenters. The Bertz CT molecular complexity index is 967. The summed E-state index contributed by atoms with van der Waals surface area (Å²) in [6, 6.07) is 12.3. The Morgan fingerprint density at radius 3 is 2.12 bits per heavy atom. The van der Waals surface area contributed by atoms with E-state index in [1.54, 1.807) is 19.2 Å². The van der Waals surface area contributed by atoms with E-state index in [1.807, 2.05) is 19.1 Å². The number of carbonyl (C=O) groups excluding carboxylic acids is 1. The van der Waals surface area contributed by atoms with Crippen molar-refractivity contribution in [2.45, 2.75) is 55.6 Å². The van der Waals surface area contributed by atoms with Crippen molar-refractivity contribution in [3.05, 3.63) is 54.1 Å². The van der Waals surface area contributed by atoms with E-state index < -0.39 is 6.36 Å². The fourth-order valence-electron chi connectivity index (χ4n) is 4.82. The highest BCUT2D eigenvalue weighted by atomic mass is 35.5. The summed E-state index contributed by atoms with van der Waals surface area (Å²) >= 11 is 6.45. The van der Waals surface area contributed by atoms with Crippen LogP contribution in [0.1, 0.15) is 31.2 Å². The van der Waals surface area contributed by atoms with Crippen molar-refractivity contribution in [2.24, 2.45) is 5.92 Å². The van der Waals surface area contributed by atoms with Gasteiger partial charge in [-0.3, -0.25) is 4.79 Å². The number of benzene rings is 2. The molecule has 9 heteroatoms. The molecule has 6 atom stereocenters. The van der Waals surface area contributed by atoms with Gasteiger partial charge in [-0.1, -0.05) is 12.1 Å². The van der Waals surface area contributed by atoms with Crippen molar-refractivity contribution in [2.75, 3.05) is 7.11 Å². The van der Waals surface area contributed by atoms with Crippen LogP contribution in [0.4, 0.5) is 13.2 Å². The van der Waals surface area contributed by atoms with Gasteiger partial charge in [-0.25, -0.2) is 0 Å². The Morgan fingerprint density at radius 1 is 0.970 bits per heavy atom. The fourth-order valence-corrected chi connectivity index (χ4v) is 5.21. The third-order valence-corrected chi connectivity index (χ3v) is 6.80. The van der Waals surface area contributed by atoms with Gasteiger partial charge in [0.1, 0.15) is 23.0 Å². The standard InChI is InChI=1S/C24H25ClF3NO4/c1-13-22(23(30)18-11-19(25)21(31-2)12-20(18)29-13)14-3-5-15(6-4-14)32-16-7-9-17(10-8-16)33-24(26,27)28/h3-10,13,18-22,29H,11-12H2,1-2H3. The summed E-state index contributed by atoms with van der Waals surface area (Å²) in [6.45, 7) is 2.00. The molecule has 1 heterocycles. The monoisotopic (exact) mass is 483 g/mol. The predicted octanol–water partition coefficient (Wildman–Crippen LogP) is 5.42. The van der Waals surface area contributed by atoms with Gasteiger partial charge in [0.15, 0.2) is 0 Å². The van der Waals surface area contributed by atoms with Crippen LogP contribution < -0.4 is 14.8 Å². The number of halogens is 4. The number of piperidine rings is 1. The number of ether oxygens (including phenoxy) is 3. The molecule has 1 N–H and O–H groups in total. The summed E-state index contributed by atoms with van der Waals surface area (Å²) in [5, 5.41) is 3.38. The average Bonchev–Trinajstić information content (AvgIpc) is 2.75. The SMILES string of the molecule is COC1CC2NC(C)C(c3ccc(Oc4ccc(OC(F)(F)F)cc4)cc3)C(=O)C2CC1Cl. The van der Waals surface area contributed by atoms with E-state index in [0.717, 1.165) is 5.56 Å². The minimum atomic E-state index is -4.74. The number of Topliss-reactive ketones (excluding diaryl/α,β-unsaturated/α-hetero) is 1. The number of nitrogens with one attached hydrogen (secondary N) is 1. The van der Waals surface area contributed by atoms with E-state index in [4.69, 9.17) is 21.1 Å². The molecule has 2 fully saturated rings. The predicted molar refractivity (Wildman–Crippen MR) is 117 cm³/mol. The number of methoxy groups -OCH3 is 1. The van der Waals surface area contributed by atoms with Crippen LogP contribution in [-0.2, 0) is 9.53 Å². The first-order valence-electron chi connectivity index (χ1n) is 10.7. The Hall–Kier alpha value is -2.29. The van der Waals surface area contributed by atoms with Crippen molar-refractivity contribution in [3.63, 3.8) is 0 Å². The third kappa shape index (κ3) is 5.45. The molecule has 1 saturated heterocycles. The molecule has 0 aromatic heterocycles.